The first-order chi connectivity index (χ1) is 22.3. The molecule has 0 aliphatic heterocycles. The van der Waals surface area contributed by atoms with Gasteiger partial charge >= 0.3 is 5.97 Å². The molecule has 0 aromatic heterocycles. The van der Waals surface area contributed by atoms with E-state index in [1.807, 2.05) is 0 Å². The summed E-state index contributed by atoms with van der Waals surface area (Å²) >= 11 is 0. The van der Waals surface area contributed by atoms with Gasteiger partial charge in [-0.15, -0.1) is 0 Å². The number of nitrogens with zero attached hydrogens (tertiary/aromatic N) is 6. The van der Waals surface area contributed by atoms with Crippen LogP contribution in [0.25, 0.3) is 0 Å². The monoisotopic (exact) mass is 686 g/mol. The van der Waals surface area contributed by atoms with Crippen LogP contribution in [0, 0.1) is 0 Å². The number of carboxylic acid groups (broad SMARTS) is 1. The van der Waals surface area contributed by atoms with Crippen LogP contribution in [0.3, 0.4) is 0 Å². The third kappa shape index (κ3) is 17.4. The number of carbonyl (C=O) groups is 10. The first-order valence-electron chi connectivity index (χ1n) is 14.4. The van der Waals surface area contributed by atoms with Crippen LogP contribution in [0.15, 0.2) is 0 Å². The van der Waals surface area contributed by atoms with Crippen LogP contribution in [0.2, 0.25) is 0 Å². The number of hydrogen-bond donors (Lipinski definition) is 5. The average Bonchev–Trinajstić information content (AvgIpc) is 3.00. The third-order valence-corrected chi connectivity index (χ3v) is 6.45. The second-order valence-corrected chi connectivity index (χ2v) is 10.8. The zero-order chi connectivity index (χ0) is 37.1. The molecular weight excluding hydrogens is 640 g/mol. The molecule has 0 spiro atoms. The minimum absolute atomic E-state index is 0.0453. The van der Waals surface area contributed by atoms with Crippen molar-refractivity contribution >= 4 is 59.1 Å². The molecule has 0 aliphatic rings. The van der Waals surface area contributed by atoms with Crippen molar-refractivity contribution in [2.75, 3.05) is 115 Å². The first-order valence-corrected chi connectivity index (χ1v) is 14.4. The molecule has 270 valence electrons. The van der Waals surface area contributed by atoms with Gasteiger partial charge in [-0.05, 0) is 7.05 Å². The van der Waals surface area contributed by atoms with Crippen LogP contribution < -0.4 is 21.3 Å². The molecule has 0 bridgehead atoms. The van der Waals surface area contributed by atoms with Crippen LogP contribution in [-0.2, 0) is 47.9 Å². The highest BCUT2D eigenvalue weighted by atomic mass is 16.4. The Labute approximate surface area is 277 Å². The lowest BCUT2D eigenvalue weighted by Gasteiger charge is -2.23. The van der Waals surface area contributed by atoms with Gasteiger partial charge in [0.15, 0.2) is 0 Å². The molecule has 0 radical (unpaired) electrons. The molecular formula is C27H46N10O11. The summed E-state index contributed by atoms with van der Waals surface area (Å²) in [6, 6.07) is 0. The minimum atomic E-state index is -1.25. The number of amides is 9. The Hall–Kier alpha value is -5.34. The van der Waals surface area contributed by atoms with E-state index in [0.717, 1.165) is 24.5 Å². The Balaban J connectivity index is 4.55. The lowest BCUT2D eigenvalue weighted by molar-refractivity contribution is -0.142. The van der Waals surface area contributed by atoms with Crippen molar-refractivity contribution in [1.29, 1.82) is 0 Å². The van der Waals surface area contributed by atoms with Gasteiger partial charge in [-0.25, -0.2) is 0 Å². The van der Waals surface area contributed by atoms with E-state index in [4.69, 9.17) is 5.11 Å². The number of carboxylic acids is 1. The summed E-state index contributed by atoms with van der Waals surface area (Å²) < 4.78 is 0. The topological polar surface area (TPSA) is 258 Å². The zero-order valence-electron chi connectivity index (χ0n) is 28.3. The van der Waals surface area contributed by atoms with Crippen molar-refractivity contribution in [3.05, 3.63) is 0 Å². The average molecular weight is 687 g/mol. The molecule has 0 fully saturated rings. The molecule has 0 atom stereocenters. The van der Waals surface area contributed by atoms with E-state index in [-0.39, 0.29) is 25.5 Å². The SMILES string of the molecule is CNCC(=O)N(C)CC(=O)N(C)CC(=O)NCC(=O)N(C)CC(=O)N(C)CC(=O)NCC(=O)N(C)CC(=O)N(C)CC(=O)NCC(=O)O. The number of likely N-dealkylation sites (N-methyl/N-ethyl adjacent to an activating group) is 7. The van der Waals surface area contributed by atoms with Gasteiger partial charge in [-0.1, -0.05) is 0 Å². The van der Waals surface area contributed by atoms with E-state index in [0.29, 0.717) is 0 Å². The van der Waals surface area contributed by atoms with E-state index in [1.165, 1.54) is 47.2 Å². The maximum Gasteiger partial charge on any atom is 0.322 e. The second-order valence-electron chi connectivity index (χ2n) is 10.8. The molecule has 0 aliphatic carbocycles. The fourth-order valence-corrected chi connectivity index (χ4v) is 3.39. The zero-order valence-corrected chi connectivity index (χ0v) is 28.3. The standard InChI is InChI=1S/C27H46N10O11/c1-28-8-21(41)35(5)15-24(44)32(2)12-18(38)29-9-22(42)36(6)16-25(45)33(3)13-19(39)30-10-23(43)37(7)17-26(46)34(4)14-20(40)31-11-27(47)48/h28H,8-17H2,1-7H3,(H,29,38)(H,30,39)(H,31,40)(H,47,48). The highest BCUT2D eigenvalue weighted by molar-refractivity contribution is 5.93. The van der Waals surface area contributed by atoms with Gasteiger partial charge < -0.3 is 55.8 Å². The van der Waals surface area contributed by atoms with Crippen molar-refractivity contribution in [2.24, 2.45) is 0 Å². The molecule has 0 saturated heterocycles. The quantitative estimate of drug-likeness (QED) is 0.0801. The predicted octanol–water partition coefficient (Wildman–Crippen LogP) is -6.61. The van der Waals surface area contributed by atoms with E-state index >= 15 is 0 Å². The summed E-state index contributed by atoms with van der Waals surface area (Å²) in [7, 11) is 9.59. The van der Waals surface area contributed by atoms with Crippen LogP contribution in [-0.4, -0.2) is 208 Å². The molecule has 48 heavy (non-hydrogen) atoms. The van der Waals surface area contributed by atoms with Gasteiger partial charge in [0.05, 0.1) is 58.9 Å². The van der Waals surface area contributed by atoms with Gasteiger partial charge in [0, 0.05) is 42.3 Å². The summed E-state index contributed by atoms with van der Waals surface area (Å²) in [5.41, 5.74) is 0. The van der Waals surface area contributed by atoms with Gasteiger partial charge in [-0.3, -0.25) is 47.9 Å². The lowest BCUT2D eigenvalue weighted by Crippen LogP contribution is -2.48. The summed E-state index contributed by atoms with van der Waals surface area (Å²) in [5.74, 6) is -6.63. The highest BCUT2D eigenvalue weighted by Crippen LogP contribution is 1.94. The normalized spacial score (nSPS) is 10.1. The number of hydrogen-bond acceptors (Lipinski definition) is 11. The Morgan fingerprint density at radius 2 is 0.646 bits per heavy atom. The molecule has 5 N–H and O–H groups in total. The van der Waals surface area contributed by atoms with Gasteiger partial charge in [0.1, 0.15) is 6.54 Å². The third-order valence-electron chi connectivity index (χ3n) is 6.45. The van der Waals surface area contributed by atoms with Crippen molar-refractivity contribution < 1.29 is 53.1 Å². The minimum Gasteiger partial charge on any atom is -0.480 e. The van der Waals surface area contributed by atoms with Gasteiger partial charge in [-0.2, -0.15) is 0 Å². The highest BCUT2D eigenvalue weighted by Gasteiger charge is 2.22. The van der Waals surface area contributed by atoms with Crippen LogP contribution in [0.5, 0.6) is 0 Å². The fourth-order valence-electron chi connectivity index (χ4n) is 3.39. The molecule has 0 aromatic rings. The lowest BCUT2D eigenvalue weighted by atomic mass is 10.4. The molecule has 0 rings (SSSR count). The Bertz CT molecular complexity index is 1230. The van der Waals surface area contributed by atoms with Crippen molar-refractivity contribution in [3.8, 4) is 0 Å². The number of rotatable bonds is 20. The number of carbonyl (C=O) groups excluding carboxylic acids is 9. The van der Waals surface area contributed by atoms with Crippen LogP contribution in [0.1, 0.15) is 0 Å². The van der Waals surface area contributed by atoms with E-state index < -0.39 is 99.0 Å². The maximum atomic E-state index is 12.5. The largest absolute Gasteiger partial charge is 0.480 e. The fraction of sp³-hybridized carbons (Fsp3) is 0.630. The first kappa shape index (κ1) is 42.7. The molecule has 0 unspecified atom stereocenters. The van der Waals surface area contributed by atoms with E-state index in [1.54, 1.807) is 7.05 Å². The van der Waals surface area contributed by atoms with Crippen molar-refractivity contribution in [3.63, 3.8) is 0 Å². The van der Waals surface area contributed by atoms with Crippen LogP contribution in [0.4, 0.5) is 0 Å². The molecule has 0 saturated carbocycles. The maximum absolute atomic E-state index is 12.5. The summed E-state index contributed by atoms with van der Waals surface area (Å²) in [6.07, 6.45) is 0. The van der Waals surface area contributed by atoms with Crippen molar-refractivity contribution in [1.82, 2.24) is 50.7 Å². The molecule has 21 nitrogen and oxygen atoms in total. The molecule has 9 amide bonds. The summed E-state index contributed by atoms with van der Waals surface area (Å²) in [5, 5.41) is 18.0. The molecule has 0 heterocycles. The van der Waals surface area contributed by atoms with Crippen molar-refractivity contribution in [2.45, 2.75) is 0 Å². The predicted molar refractivity (Wildman–Crippen MR) is 166 cm³/mol. The van der Waals surface area contributed by atoms with Gasteiger partial charge in [0.2, 0.25) is 53.2 Å². The Kier molecular flexibility index (Phi) is 19.1. The number of nitrogens with one attached hydrogen (secondary N) is 4. The van der Waals surface area contributed by atoms with E-state index in [9.17, 15) is 47.9 Å². The van der Waals surface area contributed by atoms with E-state index in [2.05, 4.69) is 21.3 Å². The van der Waals surface area contributed by atoms with Crippen LogP contribution >= 0.6 is 0 Å². The Morgan fingerprint density at radius 1 is 0.396 bits per heavy atom. The molecule has 0 aromatic carbocycles. The summed E-state index contributed by atoms with van der Waals surface area (Å²) in [6.45, 7) is -3.91. The number of aliphatic carboxylic acids is 1. The molecule has 21 heteroatoms. The smallest absolute Gasteiger partial charge is 0.322 e. The Morgan fingerprint density at radius 3 is 0.917 bits per heavy atom. The second kappa shape index (κ2) is 21.5. The van der Waals surface area contributed by atoms with Gasteiger partial charge in [0.25, 0.3) is 0 Å². The summed E-state index contributed by atoms with van der Waals surface area (Å²) in [4.78, 5) is 127.